The average Bonchev–Trinajstić information content (AvgIpc) is 3.25. The molecule has 1 aliphatic carbocycles. The fraction of sp³-hybridized carbons (Fsp3) is 0.217. The Morgan fingerprint density at radius 2 is 1.89 bits per heavy atom. The van der Waals surface area contributed by atoms with E-state index in [1.54, 1.807) is 49.0 Å². The summed E-state index contributed by atoms with van der Waals surface area (Å²) in [7, 11) is 3.15. The highest BCUT2D eigenvalue weighted by Crippen LogP contribution is 2.35. The molecule has 0 saturated heterocycles. The second-order valence-electron chi connectivity index (χ2n) is 8.02. The van der Waals surface area contributed by atoms with Crippen molar-refractivity contribution in [1.29, 1.82) is 0 Å². The van der Waals surface area contributed by atoms with Crippen molar-refractivity contribution in [3.63, 3.8) is 0 Å². The second kappa shape index (κ2) is 9.22. The van der Waals surface area contributed by atoms with E-state index in [-0.39, 0.29) is 23.9 Å². The van der Waals surface area contributed by atoms with Crippen LogP contribution in [0.5, 0.6) is 0 Å². The van der Waals surface area contributed by atoms with Crippen molar-refractivity contribution in [2.75, 3.05) is 19.0 Å². The van der Waals surface area contributed by atoms with Crippen LogP contribution in [0, 0.1) is 5.92 Å². The Labute approximate surface area is 198 Å². The molecule has 12 heteroatoms. The number of imidazole rings is 1. The number of hydrogen-bond donors (Lipinski definition) is 2. The molecule has 0 saturated carbocycles. The predicted octanol–water partition coefficient (Wildman–Crippen LogP) is 2.95. The van der Waals surface area contributed by atoms with Crippen molar-refractivity contribution in [1.82, 2.24) is 19.5 Å². The van der Waals surface area contributed by atoms with E-state index in [4.69, 9.17) is 11.6 Å². The molecule has 0 fully saturated rings. The summed E-state index contributed by atoms with van der Waals surface area (Å²) >= 11 is 0. The molecular formula is C23H23F3N8O. The molecule has 1 aliphatic rings. The number of aromatic nitrogens is 3. The van der Waals surface area contributed by atoms with Gasteiger partial charge in [0.1, 0.15) is 5.69 Å². The molecule has 2 aromatic heterocycles. The molecule has 9 nitrogen and oxygen atoms in total. The summed E-state index contributed by atoms with van der Waals surface area (Å²) in [6, 6.07) is 6.84. The van der Waals surface area contributed by atoms with Gasteiger partial charge in [-0.1, -0.05) is 18.2 Å². The van der Waals surface area contributed by atoms with Gasteiger partial charge in [0.2, 0.25) is 0 Å². The van der Waals surface area contributed by atoms with E-state index < -0.39 is 12.1 Å². The third-order valence-electron chi connectivity index (χ3n) is 5.55. The number of hydrazine groups is 1. The van der Waals surface area contributed by atoms with Gasteiger partial charge in [0.15, 0.2) is 11.5 Å². The standard InChI is InChI=1S/C23H23F3N8O/c1-32(17-9-5-15(6-10-17)21(27)31-33(2)28)22(35)18-13-34-19(11-30-20(34)12-29-18)14-3-7-16(8-4-14)23(24,25)26/h3-7,9-13,16H,8,28H2,1-2H3,(H2,27,31). The lowest BCUT2D eigenvalue weighted by molar-refractivity contribution is -0.160. The Morgan fingerprint density at radius 1 is 1.17 bits per heavy atom. The Kier molecular flexibility index (Phi) is 6.31. The minimum atomic E-state index is -4.29. The van der Waals surface area contributed by atoms with E-state index in [0.29, 0.717) is 28.2 Å². The fourth-order valence-corrected chi connectivity index (χ4v) is 3.64. The molecule has 2 heterocycles. The smallest absolute Gasteiger partial charge is 0.382 e. The second-order valence-corrected chi connectivity index (χ2v) is 8.02. The van der Waals surface area contributed by atoms with Crippen molar-refractivity contribution in [2.45, 2.75) is 12.6 Å². The van der Waals surface area contributed by atoms with Crippen LogP contribution in [0.4, 0.5) is 18.9 Å². The molecule has 4 N–H and O–H groups in total. The summed E-state index contributed by atoms with van der Waals surface area (Å²) < 4.78 is 40.5. The number of amidine groups is 1. The first-order chi connectivity index (χ1) is 16.5. The number of nitrogens with two attached hydrogens (primary N) is 2. The predicted molar refractivity (Wildman–Crippen MR) is 126 cm³/mol. The van der Waals surface area contributed by atoms with Crippen molar-refractivity contribution >= 4 is 28.7 Å². The molecule has 0 aliphatic heterocycles. The number of benzene rings is 1. The number of anilines is 1. The van der Waals surface area contributed by atoms with Crippen LogP contribution in [-0.2, 0) is 0 Å². The number of amides is 1. The van der Waals surface area contributed by atoms with Gasteiger partial charge in [-0.25, -0.2) is 20.9 Å². The van der Waals surface area contributed by atoms with Gasteiger partial charge in [0.05, 0.1) is 24.0 Å². The SMILES string of the molecule is CN(N)/N=C(\N)c1ccc(N(C)C(=O)c2cn3c(C4=CCC(C(F)(F)F)C=C4)cnc3cn2)cc1. The topological polar surface area (TPSA) is 118 Å². The number of hydrogen-bond acceptors (Lipinski definition) is 6. The zero-order chi connectivity index (χ0) is 25.3. The lowest BCUT2D eigenvalue weighted by atomic mass is 9.95. The van der Waals surface area contributed by atoms with Crippen molar-refractivity contribution in [3.05, 3.63) is 78.0 Å². The third kappa shape index (κ3) is 5.01. The largest absolute Gasteiger partial charge is 0.395 e. The van der Waals surface area contributed by atoms with Gasteiger partial charge >= 0.3 is 6.18 Å². The van der Waals surface area contributed by atoms with E-state index in [1.165, 1.54) is 29.4 Å². The fourth-order valence-electron chi connectivity index (χ4n) is 3.64. The number of halogens is 3. The first kappa shape index (κ1) is 24.0. The van der Waals surface area contributed by atoms with Crippen molar-refractivity contribution in [2.24, 2.45) is 22.6 Å². The normalized spacial score (nSPS) is 16.3. The lowest BCUT2D eigenvalue weighted by Crippen LogP contribution is -2.28. The monoisotopic (exact) mass is 484 g/mol. The molecule has 3 aromatic rings. The molecule has 182 valence electrons. The number of carbonyl (C=O) groups excluding carboxylic acids is 1. The number of hydrazone groups is 1. The number of nitrogens with zero attached hydrogens (tertiary/aromatic N) is 6. The highest BCUT2D eigenvalue weighted by molar-refractivity contribution is 6.05. The minimum Gasteiger partial charge on any atom is -0.382 e. The van der Waals surface area contributed by atoms with Gasteiger partial charge in [-0.2, -0.15) is 13.2 Å². The minimum absolute atomic E-state index is 0.141. The number of allylic oxidation sites excluding steroid dienone is 4. The molecule has 1 aromatic carbocycles. The van der Waals surface area contributed by atoms with Crippen LogP contribution in [0.2, 0.25) is 0 Å². The molecular weight excluding hydrogens is 461 g/mol. The quantitative estimate of drug-likeness (QED) is 0.249. The first-order valence-electron chi connectivity index (χ1n) is 10.5. The summed E-state index contributed by atoms with van der Waals surface area (Å²) in [4.78, 5) is 23.0. The summed E-state index contributed by atoms with van der Waals surface area (Å²) in [6.07, 6.45) is 4.16. The Bertz CT molecular complexity index is 1340. The van der Waals surface area contributed by atoms with Gasteiger partial charge in [-0.3, -0.25) is 9.20 Å². The maximum absolute atomic E-state index is 13.1. The van der Waals surface area contributed by atoms with Gasteiger partial charge in [-0.05, 0) is 36.3 Å². The summed E-state index contributed by atoms with van der Waals surface area (Å²) in [6.45, 7) is 0. The van der Waals surface area contributed by atoms with Crippen LogP contribution < -0.4 is 16.5 Å². The van der Waals surface area contributed by atoms with Crippen LogP contribution in [0.3, 0.4) is 0 Å². The number of carbonyl (C=O) groups is 1. The Balaban J connectivity index is 1.57. The summed E-state index contributed by atoms with van der Waals surface area (Å²) in [5.74, 6) is 3.80. The van der Waals surface area contributed by atoms with E-state index in [1.807, 2.05) is 0 Å². The number of rotatable bonds is 5. The first-order valence-corrected chi connectivity index (χ1v) is 10.5. The van der Waals surface area contributed by atoms with Crippen LogP contribution in [0.25, 0.3) is 11.2 Å². The summed E-state index contributed by atoms with van der Waals surface area (Å²) in [5.41, 5.74) is 8.88. The van der Waals surface area contributed by atoms with Gasteiger partial charge in [0.25, 0.3) is 5.91 Å². The molecule has 1 amide bonds. The molecule has 1 unspecified atom stereocenters. The van der Waals surface area contributed by atoms with Gasteiger partial charge in [-0.15, -0.1) is 5.10 Å². The van der Waals surface area contributed by atoms with Gasteiger partial charge in [0, 0.05) is 31.5 Å². The van der Waals surface area contributed by atoms with E-state index in [0.717, 1.165) is 11.2 Å². The molecule has 1 atom stereocenters. The molecule has 35 heavy (non-hydrogen) atoms. The highest BCUT2D eigenvalue weighted by atomic mass is 19.4. The highest BCUT2D eigenvalue weighted by Gasteiger charge is 2.38. The summed E-state index contributed by atoms with van der Waals surface area (Å²) in [5, 5.41) is 5.03. The molecule has 0 radical (unpaired) electrons. The van der Waals surface area contributed by atoms with E-state index in [9.17, 15) is 18.0 Å². The van der Waals surface area contributed by atoms with Crippen LogP contribution in [-0.4, -0.2) is 51.5 Å². The molecule has 0 bridgehead atoms. The molecule has 4 rings (SSSR count). The van der Waals surface area contributed by atoms with Crippen molar-refractivity contribution < 1.29 is 18.0 Å². The van der Waals surface area contributed by atoms with Crippen molar-refractivity contribution in [3.8, 4) is 0 Å². The maximum atomic E-state index is 13.1. The zero-order valence-electron chi connectivity index (χ0n) is 18.9. The van der Waals surface area contributed by atoms with Crippen LogP contribution >= 0.6 is 0 Å². The van der Waals surface area contributed by atoms with E-state index >= 15 is 0 Å². The lowest BCUT2D eigenvalue weighted by Gasteiger charge is -2.19. The Hall–Kier alpha value is -4.19. The van der Waals surface area contributed by atoms with Crippen LogP contribution in [0.15, 0.2) is 66.2 Å². The number of alkyl halides is 3. The number of fused-ring (bicyclic) bond motifs is 1. The van der Waals surface area contributed by atoms with E-state index in [2.05, 4.69) is 15.1 Å². The van der Waals surface area contributed by atoms with Crippen LogP contribution in [0.1, 0.15) is 28.2 Å². The maximum Gasteiger partial charge on any atom is 0.395 e. The Morgan fingerprint density at radius 3 is 2.49 bits per heavy atom. The van der Waals surface area contributed by atoms with Gasteiger partial charge < -0.3 is 10.6 Å². The average molecular weight is 484 g/mol. The third-order valence-corrected chi connectivity index (χ3v) is 5.55. The zero-order valence-corrected chi connectivity index (χ0v) is 18.9. The molecule has 0 spiro atoms.